The van der Waals surface area contributed by atoms with E-state index in [0.717, 1.165) is 31.4 Å². The molecule has 0 fully saturated rings. The molecule has 2 heteroatoms. The van der Waals surface area contributed by atoms with E-state index < -0.39 is 0 Å². The fourth-order valence-corrected chi connectivity index (χ4v) is 0.942. The van der Waals surface area contributed by atoms with E-state index in [0.29, 0.717) is 5.41 Å². The molecule has 0 aliphatic carbocycles. The van der Waals surface area contributed by atoms with Crippen molar-refractivity contribution < 1.29 is 4.74 Å². The number of hydrogen-bond donors (Lipinski definition) is 0. The highest BCUT2D eigenvalue weighted by Crippen LogP contribution is 2.22. The van der Waals surface area contributed by atoms with E-state index in [1.807, 2.05) is 0 Å². The monoisotopic (exact) mass is 222 g/mol. The lowest BCUT2D eigenvalue weighted by Crippen LogP contribution is -2.16. The Kier molecular flexibility index (Phi) is 6.25. The molecule has 0 spiro atoms. The van der Waals surface area contributed by atoms with Gasteiger partial charge in [-0.2, -0.15) is 0 Å². The maximum absolute atomic E-state index is 5.40. The molecule has 1 nitrogen and oxygen atoms in total. The van der Waals surface area contributed by atoms with E-state index in [1.54, 1.807) is 0 Å². The van der Waals surface area contributed by atoms with Crippen molar-refractivity contribution in [3.63, 3.8) is 0 Å². The van der Waals surface area contributed by atoms with Crippen LogP contribution in [0.5, 0.6) is 0 Å². The minimum atomic E-state index is 0.383. The van der Waals surface area contributed by atoms with Gasteiger partial charge in [0, 0.05) is 18.5 Å². The van der Waals surface area contributed by atoms with E-state index >= 15 is 0 Å². The van der Waals surface area contributed by atoms with Gasteiger partial charge < -0.3 is 4.74 Å². The average molecular weight is 223 g/mol. The largest absolute Gasteiger partial charge is 0.381 e. The van der Waals surface area contributed by atoms with E-state index in [2.05, 4.69) is 36.7 Å². The minimum absolute atomic E-state index is 0.383. The van der Waals surface area contributed by atoms with Crippen LogP contribution < -0.4 is 0 Å². The van der Waals surface area contributed by atoms with Gasteiger partial charge in [-0.3, -0.25) is 0 Å². The smallest absolute Gasteiger partial charge is 0.0471 e. The Bertz CT molecular complexity index is 91.6. The third-order valence-corrected chi connectivity index (χ3v) is 3.15. The van der Waals surface area contributed by atoms with Gasteiger partial charge in [0.25, 0.3) is 0 Å². The molecule has 0 heterocycles. The van der Waals surface area contributed by atoms with Gasteiger partial charge in [0.05, 0.1) is 0 Å². The van der Waals surface area contributed by atoms with Crippen molar-refractivity contribution in [1.29, 1.82) is 0 Å². The first kappa shape index (κ1) is 11.4. The van der Waals surface area contributed by atoms with Crippen molar-refractivity contribution in [2.24, 2.45) is 5.41 Å². The van der Waals surface area contributed by atoms with E-state index in [-0.39, 0.29) is 0 Å². The zero-order valence-corrected chi connectivity index (χ0v) is 9.41. The molecule has 0 amide bonds. The summed E-state index contributed by atoms with van der Waals surface area (Å²) in [4.78, 5) is 0. The summed E-state index contributed by atoms with van der Waals surface area (Å²) in [5.74, 6) is 0. The predicted molar refractivity (Wildman–Crippen MR) is 53.3 cm³/mol. The van der Waals surface area contributed by atoms with E-state index in [4.69, 9.17) is 4.74 Å². The minimum Gasteiger partial charge on any atom is -0.381 e. The summed E-state index contributed by atoms with van der Waals surface area (Å²) in [6, 6.07) is 0. The van der Waals surface area contributed by atoms with Crippen LogP contribution in [0.25, 0.3) is 0 Å². The van der Waals surface area contributed by atoms with Crippen LogP contribution in [0.2, 0.25) is 0 Å². The molecular formula is C9H19BrO. The predicted octanol–water partition coefficient (Wildman–Crippen LogP) is 3.22. The third-order valence-electron chi connectivity index (χ3n) is 1.63. The number of rotatable bonds is 6. The number of hydrogen-bond acceptors (Lipinski definition) is 1. The average Bonchev–Trinajstić information content (AvgIpc) is 1.99. The van der Waals surface area contributed by atoms with E-state index in [9.17, 15) is 0 Å². The van der Waals surface area contributed by atoms with Gasteiger partial charge in [-0.05, 0) is 18.3 Å². The third kappa shape index (κ3) is 6.82. The number of alkyl halides is 1. The molecule has 0 aromatic rings. The first-order chi connectivity index (χ1) is 5.12. The number of ether oxygens (including phenoxy) is 1. The van der Waals surface area contributed by atoms with Crippen molar-refractivity contribution in [3.8, 4) is 0 Å². The standard InChI is InChI=1S/C9H19BrO/c1-4-6-11-7-5-9(2,3)8-10/h4-8H2,1-3H3. The second-order valence-electron chi connectivity index (χ2n) is 3.66. The van der Waals surface area contributed by atoms with Gasteiger partial charge in [0.15, 0.2) is 0 Å². The summed E-state index contributed by atoms with van der Waals surface area (Å²) in [6.07, 6.45) is 2.26. The van der Waals surface area contributed by atoms with Gasteiger partial charge in [-0.15, -0.1) is 0 Å². The zero-order chi connectivity index (χ0) is 8.74. The molecule has 0 atom stereocenters. The molecule has 0 radical (unpaired) electrons. The Morgan fingerprint density at radius 1 is 1.27 bits per heavy atom. The lowest BCUT2D eigenvalue weighted by atomic mass is 9.93. The molecule has 0 aliphatic rings. The van der Waals surface area contributed by atoms with Crippen molar-refractivity contribution in [2.45, 2.75) is 33.6 Å². The van der Waals surface area contributed by atoms with Crippen LogP contribution in [-0.2, 0) is 4.74 Å². The first-order valence-corrected chi connectivity index (χ1v) is 5.38. The lowest BCUT2D eigenvalue weighted by molar-refractivity contribution is 0.110. The zero-order valence-electron chi connectivity index (χ0n) is 7.82. The van der Waals surface area contributed by atoms with Crippen molar-refractivity contribution in [1.82, 2.24) is 0 Å². The molecule has 0 aromatic heterocycles. The normalized spacial score (nSPS) is 12.0. The molecule has 0 aliphatic heterocycles. The summed E-state index contributed by atoms with van der Waals surface area (Å²) in [5, 5.41) is 1.05. The van der Waals surface area contributed by atoms with Gasteiger partial charge in [-0.1, -0.05) is 36.7 Å². The van der Waals surface area contributed by atoms with Crippen LogP contribution in [0.1, 0.15) is 33.6 Å². The Morgan fingerprint density at radius 3 is 2.36 bits per heavy atom. The SMILES string of the molecule is CCCOCCC(C)(C)CBr. The van der Waals surface area contributed by atoms with Gasteiger partial charge in [0.1, 0.15) is 0 Å². The summed E-state index contributed by atoms with van der Waals surface area (Å²) in [7, 11) is 0. The highest BCUT2D eigenvalue weighted by molar-refractivity contribution is 9.09. The lowest BCUT2D eigenvalue weighted by Gasteiger charge is -2.20. The van der Waals surface area contributed by atoms with Crippen molar-refractivity contribution in [2.75, 3.05) is 18.5 Å². The molecule has 0 N–H and O–H groups in total. The van der Waals surface area contributed by atoms with Gasteiger partial charge >= 0.3 is 0 Å². The highest BCUT2D eigenvalue weighted by Gasteiger charge is 2.14. The second-order valence-corrected chi connectivity index (χ2v) is 4.22. The molecule has 0 bridgehead atoms. The molecule has 68 valence electrons. The van der Waals surface area contributed by atoms with Crippen LogP contribution in [0, 0.1) is 5.41 Å². The maximum Gasteiger partial charge on any atom is 0.0471 e. The molecule has 0 saturated heterocycles. The Labute approximate surface area is 78.6 Å². The Balaban J connectivity index is 3.23. The van der Waals surface area contributed by atoms with Crippen molar-refractivity contribution in [3.05, 3.63) is 0 Å². The first-order valence-electron chi connectivity index (χ1n) is 4.26. The molecule has 0 rings (SSSR count). The summed E-state index contributed by atoms with van der Waals surface area (Å²) >= 11 is 3.48. The second kappa shape index (κ2) is 6.01. The fourth-order valence-electron chi connectivity index (χ4n) is 0.662. The maximum atomic E-state index is 5.40. The molecule has 11 heavy (non-hydrogen) atoms. The van der Waals surface area contributed by atoms with Crippen LogP contribution in [0.4, 0.5) is 0 Å². The summed E-state index contributed by atoms with van der Waals surface area (Å²) in [6.45, 7) is 8.43. The van der Waals surface area contributed by atoms with E-state index in [1.165, 1.54) is 0 Å². The summed E-state index contributed by atoms with van der Waals surface area (Å²) < 4.78 is 5.40. The Morgan fingerprint density at radius 2 is 1.91 bits per heavy atom. The van der Waals surface area contributed by atoms with Gasteiger partial charge in [0.2, 0.25) is 0 Å². The highest BCUT2D eigenvalue weighted by atomic mass is 79.9. The van der Waals surface area contributed by atoms with Crippen LogP contribution >= 0.6 is 15.9 Å². The van der Waals surface area contributed by atoms with Crippen LogP contribution in [-0.4, -0.2) is 18.5 Å². The van der Waals surface area contributed by atoms with Crippen molar-refractivity contribution >= 4 is 15.9 Å². The number of halogens is 1. The Hall–Kier alpha value is 0.440. The summed E-state index contributed by atoms with van der Waals surface area (Å²) in [5.41, 5.74) is 0.383. The quantitative estimate of drug-likeness (QED) is 0.496. The van der Waals surface area contributed by atoms with Crippen LogP contribution in [0.3, 0.4) is 0 Å². The molecule has 0 saturated carbocycles. The molecular weight excluding hydrogens is 204 g/mol. The van der Waals surface area contributed by atoms with Gasteiger partial charge in [-0.25, -0.2) is 0 Å². The molecule has 0 unspecified atom stereocenters. The molecule has 0 aromatic carbocycles. The van der Waals surface area contributed by atoms with Crippen LogP contribution in [0.15, 0.2) is 0 Å². The fraction of sp³-hybridized carbons (Fsp3) is 1.00. The topological polar surface area (TPSA) is 9.23 Å².